The molecule has 5 nitrogen and oxygen atoms in total. The van der Waals surface area contributed by atoms with E-state index in [0.717, 1.165) is 35.8 Å². The lowest BCUT2D eigenvalue weighted by Crippen LogP contribution is -2.20. The van der Waals surface area contributed by atoms with E-state index in [1.807, 2.05) is 42.5 Å². The molecule has 0 aliphatic carbocycles. The molecule has 0 atom stereocenters. The molecule has 1 N–H and O–H groups in total. The average Bonchev–Trinajstić information content (AvgIpc) is 3.13. The first-order valence-electron chi connectivity index (χ1n) is 9.64. The van der Waals surface area contributed by atoms with E-state index < -0.39 is 5.91 Å². The molecule has 0 radical (unpaired) electrons. The van der Waals surface area contributed by atoms with Crippen LogP contribution in [0.2, 0.25) is 5.02 Å². The number of thioether (sulfide) groups is 1. The van der Waals surface area contributed by atoms with Crippen LogP contribution < -0.4 is 10.1 Å². The Morgan fingerprint density at radius 1 is 1.06 bits per heavy atom. The van der Waals surface area contributed by atoms with Crippen LogP contribution in [0.3, 0.4) is 0 Å². The number of carbonyl (C=O) groups excluding carboxylic acids is 2. The van der Waals surface area contributed by atoms with Crippen molar-refractivity contribution in [2.24, 2.45) is 4.99 Å². The van der Waals surface area contributed by atoms with Gasteiger partial charge in [-0.2, -0.15) is 4.99 Å². The van der Waals surface area contributed by atoms with E-state index in [2.05, 4.69) is 55.5 Å². The van der Waals surface area contributed by atoms with Gasteiger partial charge in [0.05, 0.1) is 12.0 Å². The molecule has 0 aromatic heterocycles. The third kappa shape index (κ3) is 6.37. The maximum Gasteiger partial charge on any atom is 0.279 e. The van der Waals surface area contributed by atoms with Crippen molar-refractivity contribution in [3.63, 3.8) is 0 Å². The molecule has 3 aromatic rings. The third-order valence-electron chi connectivity index (χ3n) is 4.49. The van der Waals surface area contributed by atoms with Crippen molar-refractivity contribution in [1.82, 2.24) is 5.32 Å². The van der Waals surface area contributed by atoms with E-state index in [9.17, 15) is 9.59 Å². The SMILES string of the molecule is O=C1NC(=NC(=O)c2ccccc2)S/C1=C\c1cc(I)c(OCc2ccc(Cl)cc2)c(I)c1. The molecular weight excluding hydrogens is 686 g/mol. The van der Waals surface area contributed by atoms with Gasteiger partial charge in [-0.3, -0.25) is 9.59 Å². The number of hydrogen-bond donors (Lipinski definition) is 1. The van der Waals surface area contributed by atoms with Gasteiger partial charge >= 0.3 is 0 Å². The Morgan fingerprint density at radius 3 is 2.39 bits per heavy atom. The predicted octanol–water partition coefficient (Wildman–Crippen LogP) is 6.53. The Bertz CT molecular complexity index is 1260. The second-order valence-corrected chi connectivity index (χ2v) is 10.7. The Hall–Kier alpha value is -1.89. The van der Waals surface area contributed by atoms with Crippen LogP contribution in [0.15, 0.2) is 76.6 Å². The number of nitrogens with zero attached hydrogens (tertiary/aromatic N) is 1. The number of amidine groups is 1. The van der Waals surface area contributed by atoms with Crippen molar-refractivity contribution in [2.75, 3.05) is 0 Å². The topological polar surface area (TPSA) is 67.8 Å². The van der Waals surface area contributed by atoms with E-state index in [0.29, 0.717) is 22.1 Å². The minimum atomic E-state index is -0.397. The second kappa shape index (κ2) is 11.0. The van der Waals surface area contributed by atoms with Crippen molar-refractivity contribution < 1.29 is 14.3 Å². The number of aliphatic imine (C=N–C) groups is 1. The van der Waals surface area contributed by atoms with E-state index in [-0.39, 0.29) is 11.1 Å². The van der Waals surface area contributed by atoms with Gasteiger partial charge in [-0.15, -0.1) is 0 Å². The monoisotopic (exact) mass is 700 g/mol. The summed E-state index contributed by atoms with van der Waals surface area (Å²) in [7, 11) is 0. The molecule has 1 fully saturated rings. The molecule has 0 spiro atoms. The molecule has 3 aromatic carbocycles. The summed E-state index contributed by atoms with van der Waals surface area (Å²) >= 11 is 11.5. The van der Waals surface area contributed by atoms with Crippen LogP contribution in [0.5, 0.6) is 5.75 Å². The largest absolute Gasteiger partial charge is 0.487 e. The van der Waals surface area contributed by atoms with Crippen molar-refractivity contribution >= 4 is 91.6 Å². The number of carbonyl (C=O) groups is 2. The lowest BCUT2D eigenvalue weighted by Gasteiger charge is -2.12. The molecule has 4 rings (SSSR count). The number of nitrogens with one attached hydrogen (secondary N) is 1. The molecule has 2 amide bonds. The Balaban J connectivity index is 1.48. The lowest BCUT2D eigenvalue weighted by molar-refractivity contribution is -0.115. The fraction of sp³-hybridized carbons (Fsp3) is 0.0417. The van der Waals surface area contributed by atoms with Gasteiger partial charge in [-0.1, -0.05) is 41.9 Å². The molecule has 0 saturated carbocycles. The summed E-state index contributed by atoms with van der Waals surface area (Å²) in [6.07, 6.45) is 1.78. The van der Waals surface area contributed by atoms with Gasteiger partial charge in [0, 0.05) is 10.6 Å². The van der Waals surface area contributed by atoms with Gasteiger partial charge in [-0.05, 0) is 111 Å². The molecule has 1 aliphatic rings. The first-order chi connectivity index (χ1) is 15.9. The molecule has 0 unspecified atom stereocenters. The second-order valence-electron chi connectivity index (χ2n) is 6.88. The minimum Gasteiger partial charge on any atom is -0.487 e. The van der Waals surface area contributed by atoms with Crippen LogP contribution in [0, 0.1) is 7.14 Å². The summed E-state index contributed by atoms with van der Waals surface area (Å²) in [5, 5.41) is 3.61. The summed E-state index contributed by atoms with van der Waals surface area (Å²) in [4.78, 5) is 29.2. The van der Waals surface area contributed by atoms with Crippen molar-refractivity contribution in [1.29, 1.82) is 0 Å². The van der Waals surface area contributed by atoms with Crippen LogP contribution >= 0.6 is 68.5 Å². The zero-order valence-electron chi connectivity index (χ0n) is 16.8. The van der Waals surface area contributed by atoms with Crippen LogP contribution in [0.4, 0.5) is 0 Å². The first-order valence-corrected chi connectivity index (χ1v) is 13.0. The van der Waals surface area contributed by atoms with Gasteiger partial charge in [0.15, 0.2) is 5.17 Å². The highest BCUT2D eigenvalue weighted by Crippen LogP contribution is 2.32. The summed E-state index contributed by atoms with van der Waals surface area (Å²) in [5.41, 5.74) is 2.35. The summed E-state index contributed by atoms with van der Waals surface area (Å²) in [6.45, 7) is 0.428. The predicted molar refractivity (Wildman–Crippen MR) is 150 cm³/mol. The quantitative estimate of drug-likeness (QED) is 0.243. The molecule has 33 heavy (non-hydrogen) atoms. The Kier molecular flexibility index (Phi) is 8.10. The van der Waals surface area contributed by atoms with Crippen LogP contribution in [0.25, 0.3) is 6.08 Å². The number of ether oxygens (including phenoxy) is 1. The zero-order valence-corrected chi connectivity index (χ0v) is 22.7. The molecule has 0 bridgehead atoms. The number of benzene rings is 3. The summed E-state index contributed by atoms with van der Waals surface area (Å²) < 4.78 is 7.88. The van der Waals surface area contributed by atoms with Crippen molar-refractivity contribution in [2.45, 2.75) is 6.61 Å². The Morgan fingerprint density at radius 2 is 1.73 bits per heavy atom. The van der Waals surface area contributed by atoms with E-state index in [1.165, 1.54) is 0 Å². The van der Waals surface area contributed by atoms with Gasteiger partial charge < -0.3 is 10.1 Å². The first kappa shape index (κ1) is 24.2. The number of amides is 2. The fourth-order valence-electron chi connectivity index (χ4n) is 2.91. The number of hydrogen-bond acceptors (Lipinski definition) is 4. The maximum atomic E-state index is 12.4. The smallest absolute Gasteiger partial charge is 0.279 e. The maximum absolute atomic E-state index is 12.4. The van der Waals surface area contributed by atoms with Gasteiger partial charge in [0.1, 0.15) is 12.4 Å². The van der Waals surface area contributed by atoms with Gasteiger partial charge in [0.25, 0.3) is 11.8 Å². The molecule has 9 heteroatoms. The summed E-state index contributed by atoms with van der Waals surface area (Å²) in [5.74, 6) is 0.103. The number of rotatable bonds is 5. The molecule has 1 saturated heterocycles. The van der Waals surface area contributed by atoms with E-state index in [4.69, 9.17) is 16.3 Å². The normalized spacial score (nSPS) is 15.7. The van der Waals surface area contributed by atoms with E-state index in [1.54, 1.807) is 30.3 Å². The van der Waals surface area contributed by atoms with Crippen LogP contribution in [-0.4, -0.2) is 17.0 Å². The van der Waals surface area contributed by atoms with Crippen LogP contribution in [0.1, 0.15) is 21.5 Å². The number of halogens is 3. The minimum absolute atomic E-state index is 0.271. The molecule has 1 heterocycles. The summed E-state index contributed by atoms with van der Waals surface area (Å²) in [6, 6.07) is 20.2. The average molecular weight is 701 g/mol. The van der Waals surface area contributed by atoms with Crippen molar-refractivity contribution in [3.05, 3.63) is 100 Å². The Labute approximate surface area is 227 Å². The molecular formula is C24H15ClI2N2O3S. The lowest BCUT2D eigenvalue weighted by atomic mass is 10.2. The highest BCUT2D eigenvalue weighted by molar-refractivity contribution is 14.1. The third-order valence-corrected chi connectivity index (χ3v) is 7.25. The van der Waals surface area contributed by atoms with E-state index >= 15 is 0 Å². The zero-order chi connectivity index (χ0) is 23.4. The standard InChI is InChI=1S/C24H15ClI2N2O3S/c25-17-8-6-14(7-9-17)13-32-21-18(26)10-15(11-19(21)27)12-20-23(31)29-24(33-20)28-22(30)16-4-2-1-3-5-16/h1-12H,13H2,(H,28,29,30,31)/b20-12-. The van der Waals surface area contributed by atoms with Gasteiger partial charge in [0.2, 0.25) is 0 Å². The fourth-order valence-corrected chi connectivity index (χ4v) is 5.98. The molecule has 166 valence electrons. The molecule has 1 aliphatic heterocycles. The van der Waals surface area contributed by atoms with Crippen molar-refractivity contribution in [3.8, 4) is 5.75 Å². The highest BCUT2D eigenvalue weighted by Gasteiger charge is 2.25. The van der Waals surface area contributed by atoms with Gasteiger partial charge in [-0.25, -0.2) is 0 Å². The highest BCUT2D eigenvalue weighted by atomic mass is 127. The van der Waals surface area contributed by atoms with Crippen LogP contribution in [-0.2, 0) is 11.4 Å².